The average Bonchev–Trinajstić information content (AvgIpc) is 2.54. The van der Waals surface area contributed by atoms with E-state index in [0.29, 0.717) is 11.4 Å². The summed E-state index contributed by atoms with van der Waals surface area (Å²) in [6.07, 6.45) is 5.85. The Morgan fingerprint density at radius 1 is 0.955 bits per heavy atom. The van der Waals surface area contributed by atoms with Crippen molar-refractivity contribution in [2.24, 2.45) is 0 Å². The maximum absolute atomic E-state index is 8.88. The Labute approximate surface area is 133 Å². The summed E-state index contributed by atoms with van der Waals surface area (Å²) in [5.74, 6) is 0.702. The molecule has 1 aromatic carbocycles. The maximum Gasteiger partial charge on any atom is 0.143 e. The molecule has 22 heavy (non-hydrogen) atoms. The summed E-state index contributed by atoms with van der Waals surface area (Å²) in [6, 6.07) is 5.88. The zero-order valence-corrected chi connectivity index (χ0v) is 13.6. The normalized spacial score (nSPS) is 10.7. The first-order valence-corrected chi connectivity index (χ1v) is 8.13. The first-order valence-electron chi connectivity index (χ1n) is 8.13. The summed E-state index contributed by atoms with van der Waals surface area (Å²) >= 11 is 0. The van der Waals surface area contributed by atoms with Crippen LogP contribution in [0.5, 0.6) is 5.75 Å². The van der Waals surface area contributed by atoms with Crippen molar-refractivity contribution in [3.05, 3.63) is 18.2 Å². The van der Waals surface area contributed by atoms with E-state index < -0.39 is 0 Å². The molecular weight excluding hydrogens is 280 g/mol. The molecule has 4 N–H and O–H groups in total. The number of ether oxygens (including phenoxy) is 1. The van der Waals surface area contributed by atoms with Crippen molar-refractivity contribution in [1.29, 1.82) is 0 Å². The number of anilines is 2. The lowest BCUT2D eigenvalue weighted by molar-refractivity contribution is 0.282. The van der Waals surface area contributed by atoms with Gasteiger partial charge in [0.05, 0.1) is 12.8 Å². The lowest BCUT2D eigenvalue weighted by Gasteiger charge is -2.25. The lowest BCUT2D eigenvalue weighted by Crippen LogP contribution is -2.26. The van der Waals surface area contributed by atoms with Gasteiger partial charge in [-0.1, -0.05) is 0 Å². The predicted molar refractivity (Wildman–Crippen MR) is 91.5 cm³/mol. The third-order valence-corrected chi connectivity index (χ3v) is 3.75. The number of unbranched alkanes of at least 4 members (excludes halogenated alkanes) is 4. The third-order valence-electron chi connectivity index (χ3n) is 3.75. The molecule has 0 bridgehead atoms. The molecule has 0 saturated carbocycles. The minimum Gasteiger partial charge on any atom is -0.495 e. The van der Waals surface area contributed by atoms with E-state index in [9.17, 15) is 0 Å². The van der Waals surface area contributed by atoms with Gasteiger partial charge in [0.15, 0.2) is 0 Å². The minimum atomic E-state index is 0.256. The highest BCUT2D eigenvalue weighted by Gasteiger charge is 2.09. The van der Waals surface area contributed by atoms with Gasteiger partial charge >= 0.3 is 0 Å². The van der Waals surface area contributed by atoms with Crippen LogP contribution < -0.4 is 15.4 Å². The van der Waals surface area contributed by atoms with Crippen LogP contribution in [0.15, 0.2) is 18.2 Å². The first-order chi connectivity index (χ1) is 10.7. The Bertz CT molecular complexity index is 401. The van der Waals surface area contributed by atoms with Crippen molar-refractivity contribution in [1.82, 2.24) is 0 Å². The second-order valence-corrected chi connectivity index (χ2v) is 5.48. The molecule has 0 aliphatic carbocycles. The van der Waals surface area contributed by atoms with E-state index in [0.717, 1.165) is 57.3 Å². The molecule has 0 radical (unpaired) electrons. The van der Waals surface area contributed by atoms with Crippen molar-refractivity contribution in [3.8, 4) is 5.75 Å². The average molecular weight is 310 g/mol. The van der Waals surface area contributed by atoms with Gasteiger partial charge < -0.3 is 25.6 Å². The zero-order chi connectivity index (χ0) is 16.2. The van der Waals surface area contributed by atoms with Gasteiger partial charge in [-0.05, 0) is 50.7 Å². The number of aliphatic hydroxyl groups is 2. The number of nitrogen functional groups attached to an aromatic ring is 1. The van der Waals surface area contributed by atoms with Gasteiger partial charge in [-0.15, -0.1) is 0 Å². The lowest BCUT2D eigenvalue weighted by atomic mass is 10.1. The van der Waals surface area contributed by atoms with Crippen LogP contribution in [0.2, 0.25) is 0 Å². The highest BCUT2D eigenvalue weighted by Crippen LogP contribution is 2.28. The molecule has 0 aromatic heterocycles. The quantitative estimate of drug-likeness (QED) is 0.408. The van der Waals surface area contributed by atoms with E-state index in [-0.39, 0.29) is 13.2 Å². The van der Waals surface area contributed by atoms with Crippen molar-refractivity contribution < 1.29 is 14.9 Å². The van der Waals surface area contributed by atoms with Crippen molar-refractivity contribution in [2.45, 2.75) is 38.5 Å². The molecule has 0 saturated heterocycles. The van der Waals surface area contributed by atoms with E-state index in [1.165, 1.54) is 0 Å². The molecule has 126 valence electrons. The predicted octanol–water partition coefficient (Wildman–Crippen LogP) is 2.41. The number of rotatable bonds is 12. The Morgan fingerprint density at radius 3 is 2.05 bits per heavy atom. The van der Waals surface area contributed by atoms with Crippen LogP contribution in [0.25, 0.3) is 0 Å². The van der Waals surface area contributed by atoms with E-state index in [1.807, 2.05) is 18.2 Å². The maximum atomic E-state index is 8.88. The Balaban J connectivity index is 2.65. The van der Waals surface area contributed by atoms with Crippen molar-refractivity contribution in [2.75, 3.05) is 44.0 Å². The fourth-order valence-corrected chi connectivity index (χ4v) is 2.45. The van der Waals surface area contributed by atoms with Gasteiger partial charge in [0.25, 0.3) is 0 Å². The fraction of sp³-hybridized carbons (Fsp3) is 0.647. The number of aliphatic hydroxyl groups excluding tert-OH is 2. The second-order valence-electron chi connectivity index (χ2n) is 5.48. The first kappa shape index (κ1) is 18.6. The van der Waals surface area contributed by atoms with Crippen LogP contribution in [0.1, 0.15) is 38.5 Å². The number of nitrogens with two attached hydrogens (primary N) is 1. The van der Waals surface area contributed by atoms with Gasteiger partial charge in [0.1, 0.15) is 5.75 Å². The standard InChI is InChI=1S/C17H30N2O3/c1-22-17-14-15(8-9-16(17)18)19(10-4-2-6-12-20)11-5-3-7-13-21/h8-9,14,20-21H,2-7,10-13,18H2,1H3. The van der Waals surface area contributed by atoms with Crippen LogP contribution in [-0.2, 0) is 0 Å². The summed E-state index contributed by atoms with van der Waals surface area (Å²) in [7, 11) is 1.63. The molecule has 0 amide bonds. The smallest absolute Gasteiger partial charge is 0.143 e. The van der Waals surface area contributed by atoms with Gasteiger partial charge in [-0.25, -0.2) is 0 Å². The number of nitrogens with zero attached hydrogens (tertiary/aromatic N) is 1. The van der Waals surface area contributed by atoms with Crippen LogP contribution >= 0.6 is 0 Å². The molecule has 5 nitrogen and oxygen atoms in total. The molecule has 1 rings (SSSR count). The van der Waals surface area contributed by atoms with E-state index in [4.69, 9.17) is 20.7 Å². The summed E-state index contributed by atoms with van der Waals surface area (Å²) in [5, 5.41) is 17.8. The third kappa shape index (κ3) is 6.54. The molecule has 0 atom stereocenters. The SMILES string of the molecule is COc1cc(N(CCCCCO)CCCCCO)ccc1N. The Morgan fingerprint density at radius 2 is 1.55 bits per heavy atom. The number of hydrogen-bond donors (Lipinski definition) is 3. The molecule has 0 heterocycles. The van der Waals surface area contributed by atoms with Crippen LogP contribution in [0.3, 0.4) is 0 Å². The Kier molecular flexibility index (Phi) is 9.42. The second kappa shape index (κ2) is 11.2. The van der Waals surface area contributed by atoms with Gasteiger partial charge in [0.2, 0.25) is 0 Å². The minimum absolute atomic E-state index is 0.256. The number of benzene rings is 1. The molecule has 5 heteroatoms. The van der Waals surface area contributed by atoms with Crippen LogP contribution in [0, 0.1) is 0 Å². The van der Waals surface area contributed by atoms with Crippen molar-refractivity contribution >= 4 is 11.4 Å². The number of methoxy groups -OCH3 is 1. The van der Waals surface area contributed by atoms with E-state index >= 15 is 0 Å². The summed E-state index contributed by atoms with van der Waals surface area (Å²) in [5.41, 5.74) is 7.64. The molecule has 0 spiro atoms. The molecule has 1 aromatic rings. The fourth-order valence-electron chi connectivity index (χ4n) is 2.45. The summed E-state index contributed by atoms with van der Waals surface area (Å²) in [4.78, 5) is 2.33. The highest BCUT2D eigenvalue weighted by molar-refractivity contribution is 5.62. The van der Waals surface area contributed by atoms with Crippen molar-refractivity contribution in [3.63, 3.8) is 0 Å². The molecule has 0 unspecified atom stereocenters. The molecule has 0 aliphatic heterocycles. The van der Waals surface area contributed by atoms with Gasteiger partial charge in [-0.3, -0.25) is 0 Å². The zero-order valence-electron chi connectivity index (χ0n) is 13.6. The topological polar surface area (TPSA) is 79.0 Å². The van der Waals surface area contributed by atoms with E-state index in [2.05, 4.69) is 4.90 Å². The summed E-state index contributed by atoms with van der Waals surface area (Å²) in [6.45, 7) is 2.41. The molecular formula is C17H30N2O3. The largest absolute Gasteiger partial charge is 0.495 e. The van der Waals surface area contributed by atoms with Crippen LogP contribution in [-0.4, -0.2) is 43.6 Å². The van der Waals surface area contributed by atoms with Gasteiger partial charge in [0, 0.05) is 38.1 Å². The Hall–Kier alpha value is -1.46. The van der Waals surface area contributed by atoms with Crippen LogP contribution in [0.4, 0.5) is 11.4 Å². The highest BCUT2D eigenvalue weighted by atomic mass is 16.5. The van der Waals surface area contributed by atoms with E-state index in [1.54, 1.807) is 7.11 Å². The summed E-state index contributed by atoms with van der Waals surface area (Å²) < 4.78 is 5.30. The van der Waals surface area contributed by atoms with Gasteiger partial charge in [-0.2, -0.15) is 0 Å². The molecule has 0 aliphatic rings. The molecule has 0 fully saturated rings. The number of hydrogen-bond acceptors (Lipinski definition) is 5. The monoisotopic (exact) mass is 310 g/mol.